The van der Waals surface area contributed by atoms with Crippen LogP contribution < -0.4 is 5.73 Å². The van der Waals surface area contributed by atoms with Crippen LogP contribution in [0.5, 0.6) is 0 Å². The third kappa shape index (κ3) is 256. The van der Waals surface area contributed by atoms with Gasteiger partial charge in [0.25, 0.3) is 0 Å². The molecule has 0 bridgehead atoms. The van der Waals surface area contributed by atoms with E-state index in [4.69, 9.17) is 5.73 Å². The van der Waals surface area contributed by atoms with Crippen molar-refractivity contribution in [3.8, 4) is 0 Å². The summed E-state index contributed by atoms with van der Waals surface area (Å²) in [4.78, 5) is 0. The van der Waals surface area contributed by atoms with Crippen molar-refractivity contribution in [3.05, 3.63) is 0 Å². The fourth-order valence-corrected chi connectivity index (χ4v) is 0. The van der Waals surface area contributed by atoms with Crippen molar-refractivity contribution in [2.45, 2.75) is 22.4 Å². The normalized spacial score (nSPS) is 15.5. The zero-order valence-electron chi connectivity index (χ0n) is 10.3. The van der Waals surface area contributed by atoms with Crippen molar-refractivity contribution in [1.29, 1.82) is 0 Å². The summed E-state index contributed by atoms with van der Waals surface area (Å²) < 4.78 is 25.3. The van der Waals surface area contributed by atoms with Gasteiger partial charge >= 0.3 is 87.3 Å². The molecule has 12 heavy (non-hydrogen) atoms. The van der Waals surface area contributed by atoms with E-state index in [1.54, 1.807) is 0 Å². The van der Waals surface area contributed by atoms with Gasteiger partial charge in [-0.1, -0.05) is 0 Å². The molecule has 76 valence electrons. The molecule has 0 saturated heterocycles. The van der Waals surface area contributed by atoms with E-state index in [2.05, 4.69) is 22.4 Å². The Morgan fingerprint density at radius 2 is 0.667 bits per heavy atom. The summed E-state index contributed by atoms with van der Waals surface area (Å²) in [7, 11) is 0. The molecule has 0 rings (SSSR count). The van der Waals surface area contributed by atoms with Crippen LogP contribution in [0.15, 0.2) is 0 Å². The average molecular weight is 362 g/mol. The second-order valence-corrected chi connectivity index (χ2v) is 106. The van der Waals surface area contributed by atoms with E-state index in [0.29, 0.717) is 0 Å². The van der Waals surface area contributed by atoms with Crippen LogP contribution in [0.3, 0.4) is 0 Å². The predicted octanol–water partition coefficient (Wildman–Crippen LogP) is -0.0512. The summed E-state index contributed by atoms with van der Waals surface area (Å²) in [5.74, 6) is 0. The molecular formula is C6H28N2Si2Y2. The monoisotopic (exact) mass is 362 g/mol. The van der Waals surface area contributed by atoms with Crippen molar-refractivity contribution in [3.63, 3.8) is 0 Å². The van der Waals surface area contributed by atoms with Gasteiger partial charge in [0.05, 0.1) is 0 Å². The summed E-state index contributed by atoms with van der Waals surface area (Å²) in [6.45, 7) is 0. The first-order valence-corrected chi connectivity index (χ1v) is 44.9. The van der Waals surface area contributed by atoms with Crippen LogP contribution in [0.1, 0.15) is 0 Å². The summed E-state index contributed by atoms with van der Waals surface area (Å²) in [6, 6.07) is 0. The third-order valence-electron chi connectivity index (χ3n) is 0. The van der Waals surface area contributed by atoms with E-state index in [1.165, 1.54) is 12.5 Å². The number of hydrogen-bond acceptors (Lipinski definition) is 2. The standard InChI is InChI=1S/6CH3.2H2N.2H3Si.2Y/h6*1H3;2*1H2;2*1H3;;/q;;;;;;2*-1;;;2*+1. The molecule has 0 heterocycles. The SMILES string of the molecule is [CH3][Y]([CH3])([CH3])([NH2])[SiH3].[CH3][Y]([CH3])([CH3])([NH2])[SiH3]. The van der Waals surface area contributed by atoms with Crippen LogP contribution in [0.25, 0.3) is 0 Å². The van der Waals surface area contributed by atoms with E-state index in [9.17, 15) is 0 Å². The Kier molecular flexibility index (Phi) is 5.95. The van der Waals surface area contributed by atoms with Crippen molar-refractivity contribution in [2.24, 2.45) is 5.73 Å². The summed E-state index contributed by atoms with van der Waals surface area (Å²) >= 11 is -4.39. The molecule has 0 spiro atoms. The topological polar surface area (TPSA) is 52.0 Å². The maximum atomic E-state index is 5.88. The van der Waals surface area contributed by atoms with Gasteiger partial charge in [-0.15, -0.1) is 0 Å². The Morgan fingerprint density at radius 1 is 0.667 bits per heavy atom. The molecule has 0 radical (unpaired) electrons. The van der Waals surface area contributed by atoms with Crippen LogP contribution in [0, 0.1) is 0 Å². The average Bonchev–Trinajstić information content (AvgIpc) is 1.02. The molecule has 0 amide bonds. The predicted molar refractivity (Wildman–Crippen MR) is 63.4 cm³/mol. The molecule has 0 aliphatic heterocycles. The third-order valence-corrected chi connectivity index (χ3v) is 0. The zero-order valence-corrected chi connectivity index (χ0v) is 20.0. The number of rotatable bonds is 0. The Bertz CT molecular complexity index is 108. The quantitative estimate of drug-likeness (QED) is 0.594. The van der Waals surface area contributed by atoms with Gasteiger partial charge in [-0.25, -0.2) is 0 Å². The summed E-state index contributed by atoms with van der Waals surface area (Å²) in [5, 5.41) is 0. The molecule has 0 aliphatic rings. The van der Waals surface area contributed by atoms with Crippen molar-refractivity contribution >= 4 is 12.5 Å². The van der Waals surface area contributed by atoms with Gasteiger partial charge < -0.3 is 0 Å². The molecule has 0 aromatic rings. The molecule has 2 nitrogen and oxygen atoms in total. The van der Waals surface area contributed by atoms with Gasteiger partial charge in [-0.05, 0) is 0 Å². The van der Waals surface area contributed by atoms with Crippen LogP contribution >= 0.6 is 0 Å². The number of nitrogens with two attached hydrogens (primary N) is 2. The molecule has 6 heteroatoms. The van der Waals surface area contributed by atoms with E-state index in [1.807, 2.05) is 0 Å². The van der Waals surface area contributed by atoms with Gasteiger partial charge in [-0.3, -0.25) is 0 Å². The summed E-state index contributed by atoms with van der Waals surface area (Å²) in [5.41, 5.74) is 0. The Hall–Kier alpha value is 2.56. The van der Waals surface area contributed by atoms with E-state index in [0.717, 1.165) is 0 Å². The van der Waals surface area contributed by atoms with Crippen molar-refractivity contribution < 1.29 is 46.6 Å². The molecule has 0 unspecified atom stereocenters. The molecule has 4 N–H and O–H groups in total. The fraction of sp³-hybridized carbons (Fsp3) is 1.00. The first kappa shape index (κ1) is 17.0. The molecule has 0 aliphatic carbocycles. The molecule has 0 aromatic heterocycles. The zero-order chi connectivity index (χ0) is 10.9. The van der Waals surface area contributed by atoms with Gasteiger partial charge in [0, 0.05) is 0 Å². The Labute approximate surface area is 85.2 Å². The Morgan fingerprint density at radius 3 is 0.667 bits per heavy atom. The molecule has 0 fully saturated rings. The second kappa shape index (κ2) is 4.20. The first-order chi connectivity index (χ1) is 4.47. The van der Waals surface area contributed by atoms with Crippen molar-refractivity contribution in [1.82, 2.24) is 0 Å². The maximum absolute atomic E-state index is 5.88. The van der Waals surface area contributed by atoms with Gasteiger partial charge in [0.15, 0.2) is 0 Å². The minimum absolute atomic E-state index is 1.26. The first-order valence-electron chi connectivity index (χ1n) is 5.29. The fourth-order valence-electron chi connectivity index (χ4n) is 0. The van der Waals surface area contributed by atoms with Gasteiger partial charge in [0.1, 0.15) is 0 Å². The second-order valence-electron chi connectivity index (χ2n) is 9.59. The van der Waals surface area contributed by atoms with E-state index < -0.39 is 46.6 Å². The van der Waals surface area contributed by atoms with Crippen LogP contribution in [0.4, 0.5) is 0 Å². The van der Waals surface area contributed by atoms with Crippen LogP contribution in [0.2, 0.25) is 22.4 Å². The van der Waals surface area contributed by atoms with Crippen LogP contribution in [-0.2, 0) is 46.6 Å². The Balaban J connectivity index is 0. The summed E-state index contributed by atoms with van der Waals surface area (Å²) in [6.07, 6.45) is 2.52. The van der Waals surface area contributed by atoms with Crippen molar-refractivity contribution in [2.75, 3.05) is 0 Å². The number of hydrogen-bond donors (Lipinski definition) is 2. The van der Waals surface area contributed by atoms with Gasteiger partial charge in [-0.2, -0.15) is 0 Å². The molecule has 0 aromatic carbocycles. The van der Waals surface area contributed by atoms with E-state index >= 15 is 0 Å². The molecule has 0 atom stereocenters. The van der Waals surface area contributed by atoms with Crippen LogP contribution in [-0.4, -0.2) is 12.5 Å². The molecule has 0 saturated carbocycles. The molecular weight excluding hydrogens is 334 g/mol. The van der Waals surface area contributed by atoms with Gasteiger partial charge in [0.2, 0.25) is 0 Å². The minimum atomic E-state index is -2.20. The van der Waals surface area contributed by atoms with E-state index in [-0.39, 0.29) is 0 Å².